The van der Waals surface area contributed by atoms with Gasteiger partial charge < -0.3 is 9.64 Å². The molecule has 2 aromatic rings. The highest BCUT2D eigenvalue weighted by atomic mass is 32.2. The third-order valence-electron chi connectivity index (χ3n) is 5.73. The zero-order chi connectivity index (χ0) is 22.1. The molecule has 2 aliphatic rings. The Morgan fingerprint density at radius 2 is 1.58 bits per heavy atom. The van der Waals surface area contributed by atoms with E-state index >= 15 is 0 Å². The number of allylic oxidation sites excluding steroid dienone is 2. The minimum atomic E-state index is -3.51. The highest BCUT2D eigenvalue weighted by Gasteiger charge is 2.43. The van der Waals surface area contributed by atoms with Gasteiger partial charge in [-0.05, 0) is 54.0 Å². The Morgan fingerprint density at radius 1 is 0.968 bits per heavy atom. The lowest BCUT2D eigenvalue weighted by atomic mass is 9.92. The van der Waals surface area contributed by atoms with Gasteiger partial charge in [0.25, 0.3) is 0 Å². The maximum Gasteiger partial charge on any atom is 0.230 e. The minimum absolute atomic E-state index is 0.115. The molecule has 0 radical (unpaired) electrons. The topological polar surface area (TPSA) is 80.8 Å². The van der Waals surface area contributed by atoms with Crippen LogP contribution in [-0.4, -0.2) is 44.4 Å². The molecule has 1 saturated heterocycles. The van der Waals surface area contributed by atoms with E-state index in [4.69, 9.17) is 4.74 Å². The van der Waals surface area contributed by atoms with Crippen molar-refractivity contribution in [1.29, 1.82) is 0 Å². The number of hydrogen-bond donors (Lipinski definition) is 0. The van der Waals surface area contributed by atoms with E-state index in [9.17, 15) is 18.0 Å². The van der Waals surface area contributed by atoms with Gasteiger partial charge in [-0.3, -0.25) is 9.59 Å². The number of benzene rings is 2. The molecule has 1 aliphatic heterocycles. The predicted octanol–water partition coefficient (Wildman–Crippen LogP) is 2.70. The molecule has 2 aromatic carbocycles. The van der Waals surface area contributed by atoms with E-state index in [2.05, 4.69) is 0 Å². The van der Waals surface area contributed by atoms with Crippen LogP contribution in [0.3, 0.4) is 0 Å². The summed E-state index contributed by atoms with van der Waals surface area (Å²) in [4.78, 5) is 26.3. The molecule has 1 unspecified atom stereocenters. The van der Waals surface area contributed by atoms with Gasteiger partial charge in [0.15, 0.2) is 21.3 Å². The van der Waals surface area contributed by atoms with Gasteiger partial charge >= 0.3 is 0 Å². The van der Waals surface area contributed by atoms with Crippen molar-refractivity contribution in [3.8, 4) is 0 Å². The monoisotopic (exact) mass is 437 g/mol. The highest BCUT2D eigenvalue weighted by molar-refractivity contribution is 7.90. The molecule has 0 N–H and O–H groups in total. The summed E-state index contributed by atoms with van der Waals surface area (Å²) in [6.07, 6.45) is 6.33. The Hall–Kier alpha value is -3.03. The summed E-state index contributed by atoms with van der Waals surface area (Å²) in [5.41, 5.74) is 0.431. The second-order valence-electron chi connectivity index (χ2n) is 7.77. The molecule has 31 heavy (non-hydrogen) atoms. The zero-order valence-electron chi connectivity index (χ0n) is 17.1. The van der Waals surface area contributed by atoms with Crippen LogP contribution in [0.25, 0.3) is 0 Å². The molecule has 0 saturated carbocycles. The number of ketones is 1. The average Bonchev–Trinajstić information content (AvgIpc) is 2.78. The van der Waals surface area contributed by atoms with E-state index < -0.39 is 21.5 Å². The molecule has 1 heterocycles. The van der Waals surface area contributed by atoms with Crippen molar-refractivity contribution in [2.24, 2.45) is 5.92 Å². The van der Waals surface area contributed by atoms with Crippen molar-refractivity contribution in [3.05, 3.63) is 90.0 Å². The van der Waals surface area contributed by atoms with Crippen molar-refractivity contribution in [2.45, 2.75) is 22.8 Å². The Kier molecular flexibility index (Phi) is 5.64. The lowest BCUT2D eigenvalue weighted by Gasteiger charge is -2.44. The van der Waals surface area contributed by atoms with Crippen LogP contribution in [0.15, 0.2) is 83.8 Å². The smallest absolute Gasteiger partial charge is 0.230 e. The fraction of sp³-hybridized carbons (Fsp3) is 0.250. The van der Waals surface area contributed by atoms with Crippen LogP contribution in [0.2, 0.25) is 0 Å². The average molecular weight is 438 g/mol. The molecule has 1 amide bonds. The predicted molar refractivity (Wildman–Crippen MR) is 116 cm³/mol. The summed E-state index contributed by atoms with van der Waals surface area (Å²) in [5.74, 6) is -0.848. The van der Waals surface area contributed by atoms with Crippen LogP contribution in [0.1, 0.15) is 11.1 Å². The molecule has 1 aliphatic carbocycles. The molecule has 160 valence electrons. The fourth-order valence-corrected chi connectivity index (χ4v) is 5.34. The Morgan fingerprint density at radius 3 is 2.26 bits per heavy atom. The van der Waals surface area contributed by atoms with Gasteiger partial charge in [0.05, 0.1) is 23.2 Å². The third kappa shape index (κ3) is 4.24. The van der Waals surface area contributed by atoms with E-state index in [1.165, 1.54) is 17.1 Å². The largest absolute Gasteiger partial charge is 0.347 e. The fourth-order valence-electron chi connectivity index (χ4n) is 3.91. The van der Waals surface area contributed by atoms with Crippen molar-refractivity contribution in [1.82, 2.24) is 4.90 Å². The summed E-state index contributed by atoms with van der Waals surface area (Å²) in [6, 6.07) is 15.6. The van der Waals surface area contributed by atoms with E-state index in [1.54, 1.807) is 61.7 Å². The molecule has 4 rings (SSSR count). The first-order chi connectivity index (χ1) is 14.8. The summed E-state index contributed by atoms with van der Waals surface area (Å²) < 4.78 is 31.7. The van der Waals surface area contributed by atoms with Gasteiger partial charge in [-0.2, -0.15) is 0 Å². The maximum absolute atomic E-state index is 13.1. The van der Waals surface area contributed by atoms with Gasteiger partial charge in [-0.25, -0.2) is 8.42 Å². The molecule has 1 atom stereocenters. The lowest BCUT2D eigenvalue weighted by molar-refractivity contribution is -0.175. The molecule has 6 nitrogen and oxygen atoms in total. The standard InChI is InChI=1S/C24H23NO5S/c1-25-23(27)20(16-30-24(25)13-11-21(26)12-14-24)15-18-7-5-6-8-19(18)17-31(28,29)22-9-3-2-4-10-22/h2-14,20H,15-17H2,1H3. The second-order valence-corrected chi connectivity index (χ2v) is 9.76. The van der Waals surface area contributed by atoms with Crippen LogP contribution in [0, 0.1) is 5.92 Å². The van der Waals surface area contributed by atoms with Crippen LogP contribution >= 0.6 is 0 Å². The lowest BCUT2D eigenvalue weighted by Crippen LogP contribution is -2.57. The number of amides is 1. The minimum Gasteiger partial charge on any atom is -0.347 e. The number of hydrogen-bond acceptors (Lipinski definition) is 5. The maximum atomic E-state index is 13.1. The number of likely N-dealkylation sites (N-methyl/N-ethyl adjacent to an activating group) is 1. The molecule has 7 heteroatoms. The Labute approximate surface area is 181 Å². The van der Waals surface area contributed by atoms with Gasteiger partial charge in [-0.15, -0.1) is 0 Å². The van der Waals surface area contributed by atoms with Crippen molar-refractivity contribution in [2.75, 3.05) is 13.7 Å². The first-order valence-corrected chi connectivity index (χ1v) is 11.6. The first-order valence-electron chi connectivity index (χ1n) is 9.99. The number of nitrogens with zero attached hydrogens (tertiary/aromatic N) is 1. The third-order valence-corrected chi connectivity index (χ3v) is 7.41. The highest BCUT2D eigenvalue weighted by Crippen LogP contribution is 2.32. The van der Waals surface area contributed by atoms with Gasteiger partial charge in [-0.1, -0.05) is 42.5 Å². The van der Waals surface area contributed by atoms with Crippen LogP contribution < -0.4 is 0 Å². The summed E-state index contributed by atoms with van der Waals surface area (Å²) in [7, 11) is -1.86. The van der Waals surface area contributed by atoms with Crippen LogP contribution in [0.5, 0.6) is 0 Å². The van der Waals surface area contributed by atoms with Gasteiger partial charge in [0.1, 0.15) is 0 Å². The molecular formula is C24H23NO5S. The zero-order valence-corrected chi connectivity index (χ0v) is 17.9. The second kappa shape index (κ2) is 8.24. The quantitative estimate of drug-likeness (QED) is 0.719. The number of rotatable bonds is 5. The van der Waals surface area contributed by atoms with E-state index in [-0.39, 0.29) is 28.9 Å². The Bertz CT molecular complexity index is 1150. The number of carbonyl (C=O) groups is 2. The van der Waals surface area contributed by atoms with Gasteiger partial charge in [0.2, 0.25) is 5.91 Å². The molecule has 1 fully saturated rings. The molecule has 0 bridgehead atoms. The molecule has 1 spiro atoms. The normalized spacial score (nSPS) is 20.4. The molecular weight excluding hydrogens is 414 g/mol. The van der Waals surface area contributed by atoms with Crippen LogP contribution in [0.4, 0.5) is 0 Å². The first kappa shape index (κ1) is 21.2. The van der Waals surface area contributed by atoms with Crippen LogP contribution in [-0.2, 0) is 36.3 Å². The summed E-state index contributed by atoms with van der Waals surface area (Å²) in [6.45, 7) is 0.172. The van der Waals surface area contributed by atoms with Crippen molar-refractivity contribution in [3.63, 3.8) is 0 Å². The van der Waals surface area contributed by atoms with Crippen molar-refractivity contribution >= 4 is 21.5 Å². The van der Waals surface area contributed by atoms with E-state index in [1.807, 2.05) is 12.1 Å². The van der Waals surface area contributed by atoms with Crippen molar-refractivity contribution < 1.29 is 22.7 Å². The van der Waals surface area contributed by atoms with Gasteiger partial charge in [0, 0.05) is 7.05 Å². The summed E-state index contributed by atoms with van der Waals surface area (Å²) in [5, 5.41) is 0. The Balaban J connectivity index is 1.54. The molecule has 0 aromatic heterocycles. The number of ether oxygens (including phenoxy) is 1. The van der Waals surface area contributed by atoms with E-state index in [0.717, 1.165) is 5.56 Å². The van der Waals surface area contributed by atoms with E-state index in [0.29, 0.717) is 12.0 Å². The number of carbonyl (C=O) groups excluding carboxylic acids is 2. The number of sulfone groups is 1. The summed E-state index contributed by atoms with van der Waals surface area (Å²) >= 11 is 0. The SMILES string of the molecule is CN1C(=O)C(Cc2ccccc2CS(=O)(=O)c2ccccc2)COC12C=CC(=O)C=C2.